The van der Waals surface area contributed by atoms with Crippen molar-refractivity contribution in [1.82, 2.24) is 0 Å². The molecule has 0 atom stereocenters. The molecule has 0 aromatic heterocycles. The molecule has 1 rings (SSSR count). The number of carbonyl (C=O) groups is 1. The molecule has 0 unspecified atom stereocenters. The van der Waals surface area contributed by atoms with Crippen molar-refractivity contribution < 1.29 is 4.79 Å². The maximum absolute atomic E-state index is 11.0. The van der Waals surface area contributed by atoms with Gasteiger partial charge in [-0.05, 0) is 24.9 Å². The predicted molar refractivity (Wildman–Crippen MR) is 46.5 cm³/mol. The van der Waals surface area contributed by atoms with Crippen LogP contribution in [0.5, 0.6) is 0 Å². The third-order valence-corrected chi connectivity index (χ3v) is 2.00. The molecular weight excluding hydrogens is 158 g/mol. The van der Waals surface area contributed by atoms with Crippen molar-refractivity contribution in [3.8, 4) is 0 Å². The summed E-state index contributed by atoms with van der Waals surface area (Å²) in [6.45, 7) is 1.54. The quantitative estimate of drug-likeness (QED) is 0.540. The highest BCUT2D eigenvalue weighted by Gasteiger charge is 2.03. The number of benzene rings is 1. The molecule has 0 fully saturated rings. The van der Waals surface area contributed by atoms with E-state index in [1.165, 1.54) is 6.92 Å². The Labute approximate surface area is 69.9 Å². The van der Waals surface area contributed by atoms with E-state index in [0.29, 0.717) is 5.56 Å². The van der Waals surface area contributed by atoms with Crippen molar-refractivity contribution in [3.63, 3.8) is 0 Å². The number of nitrogens with two attached hydrogens (primary N) is 1. The largest absolute Gasteiger partial charge is 0.294 e. The Morgan fingerprint density at radius 1 is 1.45 bits per heavy atom. The molecular formula is C8H9NOS. The zero-order chi connectivity index (χ0) is 8.27. The van der Waals surface area contributed by atoms with Gasteiger partial charge >= 0.3 is 0 Å². The second kappa shape index (κ2) is 3.55. The fourth-order valence-corrected chi connectivity index (χ4v) is 1.36. The van der Waals surface area contributed by atoms with Gasteiger partial charge in [0.25, 0.3) is 0 Å². The van der Waals surface area contributed by atoms with Crippen molar-refractivity contribution in [2.75, 3.05) is 0 Å². The van der Waals surface area contributed by atoms with Crippen LogP contribution in [0.2, 0.25) is 0 Å². The second-order valence-corrected chi connectivity index (χ2v) is 2.85. The summed E-state index contributed by atoms with van der Waals surface area (Å²) in [5.74, 6) is 0.0542. The standard InChI is InChI=1S/C8H9NOS/c1-6(10)7-4-2-3-5-8(7)11-9/h2-5H,9H2,1H3. The van der Waals surface area contributed by atoms with Crippen molar-refractivity contribution >= 4 is 17.7 Å². The molecule has 0 saturated carbocycles. The molecule has 2 nitrogen and oxygen atoms in total. The normalized spacial score (nSPS) is 9.64. The summed E-state index contributed by atoms with van der Waals surface area (Å²) in [5.41, 5.74) is 0.694. The lowest BCUT2D eigenvalue weighted by molar-refractivity contribution is 0.101. The highest BCUT2D eigenvalue weighted by molar-refractivity contribution is 7.97. The molecule has 0 bridgehead atoms. The maximum atomic E-state index is 11.0. The van der Waals surface area contributed by atoms with Crippen LogP contribution >= 0.6 is 11.9 Å². The lowest BCUT2D eigenvalue weighted by Gasteiger charge is -2.00. The van der Waals surface area contributed by atoms with E-state index < -0.39 is 0 Å². The molecule has 0 heterocycles. The first-order chi connectivity index (χ1) is 5.25. The average molecular weight is 167 g/mol. The fourth-order valence-electron chi connectivity index (χ4n) is 0.860. The SMILES string of the molecule is CC(=O)c1ccccc1SN. The minimum absolute atomic E-state index is 0.0542. The zero-order valence-electron chi connectivity index (χ0n) is 6.20. The Kier molecular flexibility index (Phi) is 2.68. The summed E-state index contributed by atoms with van der Waals surface area (Å²) < 4.78 is 0. The highest BCUT2D eigenvalue weighted by atomic mass is 32.2. The first-order valence-corrected chi connectivity index (χ1v) is 4.10. The molecule has 1 aromatic carbocycles. The van der Waals surface area contributed by atoms with Crippen molar-refractivity contribution in [3.05, 3.63) is 29.8 Å². The molecule has 58 valence electrons. The molecule has 0 spiro atoms. The van der Waals surface area contributed by atoms with Gasteiger partial charge in [0.15, 0.2) is 5.78 Å². The summed E-state index contributed by atoms with van der Waals surface area (Å²) in [7, 11) is 0. The van der Waals surface area contributed by atoms with Crippen LogP contribution in [0.4, 0.5) is 0 Å². The molecule has 2 N–H and O–H groups in total. The van der Waals surface area contributed by atoms with Crippen molar-refractivity contribution in [1.29, 1.82) is 0 Å². The van der Waals surface area contributed by atoms with Gasteiger partial charge in [0, 0.05) is 10.5 Å². The number of Topliss-reactive ketones (excluding diaryl/α,β-unsaturated/α-hetero) is 1. The first-order valence-electron chi connectivity index (χ1n) is 3.22. The number of hydrogen-bond donors (Lipinski definition) is 1. The number of ketones is 1. The molecule has 11 heavy (non-hydrogen) atoms. The minimum Gasteiger partial charge on any atom is -0.294 e. The van der Waals surface area contributed by atoms with Crippen LogP contribution in [0.1, 0.15) is 17.3 Å². The molecule has 0 aliphatic carbocycles. The first kappa shape index (κ1) is 8.30. The van der Waals surface area contributed by atoms with E-state index in [9.17, 15) is 4.79 Å². The number of carbonyl (C=O) groups excluding carboxylic acids is 1. The summed E-state index contributed by atoms with van der Waals surface area (Å²) in [5, 5.41) is 5.35. The fraction of sp³-hybridized carbons (Fsp3) is 0.125. The van der Waals surface area contributed by atoms with E-state index in [1.54, 1.807) is 6.07 Å². The molecule has 0 amide bonds. The van der Waals surface area contributed by atoms with Gasteiger partial charge in [-0.3, -0.25) is 9.93 Å². The van der Waals surface area contributed by atoms with Crippen molar-refractivity contribution in [2.45, 2.75) is 11.8 Å². The van der Waals surface area contributed by atoms with Crippen LogP contribution in [-0.4, -0.2) is 5.78 Å². The van der Waals surface area contributed by atoms with Gasteiger partial charge in [0.2, 0.25) is 0 Å². The van der Waals surface area contributed by atoms with E-state index in [1.807, 2.05) is 18.2 Å². The van der Waals surface area contributed by atoms with Gasteiger partial charge in [-0.2, -0.15) is 0 Å². The van der Waals surface area contributed by atoms with E-state index in [2.05, 4.69) is 0 Å². The molecule has 0 saturated heterocycles. The number of hydrogen-bond acceptors (Lipinski definition) is 3. The summed E-state index contributed by atoms with van der Waals surface area (Å²) in [4.78, 5) is 11.8. The van der Waals surface area contributed by atoms with Gasteiger partial charge in [-0.15, -0.1) is 0 Å². The third-order valence-electron chi connectivity index (χ3n) is 1.39. The van der Waals surface area contributed by atoms with E-state index in [4.69, 9.17) is 5.14 Å². The predicted octanol–water partition coefficient (Wildman–Crippen LogP) is 1.85. The van der Waals surface area contributed by atoms with Crippen LogP contribution in [0, 0.1) is 0 Å². The monoisotopic (exact) mass is 167 g/mol. The Bertz CT molecular complexity index is 273. The Morgan fingerprint density at radius 3 is 2.55 bits per heavy atom. The van der Waals surface area contributed by atoms with Gasteiger partial charge < -0.3 is 0 Å². The van der Waals surface area contributed by atoms with Crippen LogP contribution in [0.3, 0.4) is 0 Å². The molecule has 1 aromatic rings. The lowest BCUT2D eigenvalue weighted by Crippen LogP contribution is -1.95. The highest BCUT2D eigenvalue weighted by Crippen LogP contribution is 2.17. The van der Waals surface area contributed by atoms with Gasteiger partial charge in [-0.25, -0.2) is 0 Å². The van der Waals surface area contributed by atoms with Crippen molar-refractivity contribution in [2.24, 2.45) is 5.14 Å². The average Bonchev–Trinajstić information content (AvgIpc) is 2.04. The van der Waals surface area contributed by atoms with E-state index in [0.717, 1.165) is 16.8 Å². The summed E-state index contributed by atoms with van der Waals surface area (Å²) in [6.07, 6.45) is 0. The maximum Gasteiger partial charge on any atom is 0.160 e. The van der Waals surface area contributed by atoms with Gasteiger partial charge in [0.05, 0.1) is 0 Å². The number of rotatable bonds is 2. The van der Waals surface area contributed by atoms with Crippen LogP contribution in [0.15, 0.2) is 29.2 Å². The molecule has 0 radical (unpaired) electrons. The Hall–Kier alpha value is -0.800. The Morgan fingerprint density at radius 2 is 2.09 bits per heavy atom. The second-order valence-electron chi connectivity index (χ2n) is 2.17. The third kappa shape index (κ3) is 1.82. The summed E-state index contributed by atoms with van der Waals surface area (Å²) >= 11 is 1.10. The molecule has 0 aliphatic rings. The van der Waals surface area contributed by atoms with Crippen LogP contribution < -0.4 is 5.14 Å². The van der Waals surface area contributed by atoms with Crippen LogP contribution in [-0.2, 0) is 0 Å². The smallest absolute Gasteiger partial charge is 0.160 e. The zero-order valence-corrected chi connectivity index (χ0v) is 7.02. The van der Waals surface area contributed by atoms with E-state index >= 15 is 0 Å². The molecule has 3 heteroatoms. The topological polar surface area (TPSA) is 43.1 Å². The summed E-state index contributed by atoms with van der Waals surface area (Å²) in [6, 6.07) is 7.30. The van der Waals surface area contributed by atoms with Gasteiger partial charge in [0.1, 0.15) is 0 Å². The molecule has 0 aliphatic heterocycles. The lowest BCUT2D eigenvalue weighted by atomic mass is 10.1. The van der Waals surface area contributed by atoms with Gasteiger partial charge in [-0.1, -0.05) is 18.2 Å². The van der Waals surface area contributed by atoms with E-state index in [-0.39, 0.29) is 5.78 Å². The van der Waals surface area contributed by atoms with Crippen LogP contribution in [0.25, 0.3) is 0 Å². The Balaban J connectivity index is 3.12. The minimum atomic E-state index is 0.0542.